The molecule has 2 saturated carbocycles. The Morgan fingerprint density at radius 3 is 2.06 bits per heavy atom. The second kappa shape index (κ2) is 4.57. The summed E-state index contributed by atoms with van der Waals surface area (Å²) in [6.45, 7) is 0. The molecular formula is C12H21F2NO. The average Bonchev–Trinajstić information content (AvgIpc) is 2.25. The summed E-state index contributed by atoms with van der Waals surface area (Å²) < 4.78 is 26.0. The molecule has 2 aliphatic carbocycles. The van der Waals surface area contributed by atoms with Crippen molar-refractivity contribution in [3.8, 4) is 0 Å². The van der Waals surface area contributed by atoms with Crippen molar-refractivity contribution in [2.45, 2.75) is 75.5 Å². The van der Waals surface area contributed by atoms with Crippen molar-refractivity contribution in [1.82, 2.24) is 5.32 Å². The molecule has 2 aliphatic rings. The smallest absolute Gasteiger partial charge is 0.248 e. The Bertz CT molecular complexity index is 229. The summed E-state index contributed by atoms with van der Waals surface area (Å²) >= 11 is 0. The van der Waals surface area contributed by atoms with E-state index in [1.807, 2.05) is 0 Å². The van der Waals surface area contributed by atoms with Crippen molar-refractivity contribution in [3.05, 3.63) is 0 Å². The Morgan fingerprint density at radius 1 is 0.938 bits per heavy atom. The summed E-state index contributed by atoms with van der Waals surface area (Å²) in [4.78, 5) is 0. The van der Waals surface area contributed by atoms with Crippen molar-refractivity contribution < 1.29 is 13.9 Å². The van der Waals surface area contributed by atoms with Crippen LogP contribution in [-0.2, 0) is 0 Å². The lowest BCUT2D eigenvalue weighted by Gasteiger charge is -2.40. The molecule has 0 aromatic carbocycles. The molecule has 0 radical (unpaired) electrons. The average molecular weight is 233 g/mol. The first-order chi connectivity index (χ1) is 7.49. The zero-order valence-electron chi connectivity index (χ0n) is 9.64. The summed E-state index contributed by atoms with van der Waals surface area (Å²) in [6, 6.07) is 0.325. The third-order valence-corrected chi connectivity index (χ3v) is 3.89. The molecule has 0 bridgehead atoms. The first-order valence-electron chi connectivity index (χ1n) is 6.37. The van der Waals surface area contributed by atoms with Gasteiger partial charge in [-0.25, -0.2) is 8.78 Å². The summed E-state index contributed by atoms with van der Waals surface area (Å²) in [5, 5.41) is 13.4. The lowest BCUT2D eigenvalue weighted by molar-refractivity contribution is -0.122. The highest BCUT2D eigenvalue weighted by Crippen LogP contribution is 2.38. The van der Waals surface area contributed by atoms with E-state index < -0.39 is 11.6 Å². The van der Waals surface area contributed by atoms with Gasteiger partial charge in [0.25, 0.3) is 0 Å². The van der Waals surface area contributed by atoms with Crippen molar-refractivity contribution in [2.24, 2.45) is 0 Å². The van der Waals surface area contributed by atoms with Gasteiger partial charge >= 0.3 is 0 Å². The zero-order valence-corrected chi connectivity index (χ0v) is 9.64. The van der Waals surface area contributed by atoms with Gasteiger partial charge < -0.3 is 5.11 Å². The van der Waals surface area contributed by atoms with Gasteiger partial charge in [-0.1, -0.05) is 19.3 Å². The largest absolute Gasteiger partial charge is 0.376 e. The zero-order chi connectivity index (χ0) is 11.6. The topological polar surface area (TPSA) is 32.3 Å². The first-order valence-corrected chi connectivity index (χ1v) is 6.37. The van der Waals surface area contributed by atoms with E-state index in [-0.39, 0.29) is 25.7 Å². The molecular weight excluding hydrogens is 212 g/mol. The van der Waals surface area contributed by atoms with Crippen molar-refractivity contribution >= 4 is 0 Å². The molecule has 0 aliphatic heterocycles. The molecule has 4 heteroatoms. The van der Waals surface area contributed by atoms with E-state index in [2.05, 4.69) is 5.32 Å². The molecule has 0 unspecified atom stereocenters. The molecule has 0 aromatic rings. The molecule has 0 saturated heterocycles. The molecule has 94 valence electrons. The molecule has 0 aromatic heterocycles. The summed E-state index contributed by atoms with van der Waals surface area (Å²) in [5.41, 5.74) is -1.04. The van der Waals surface area contributed by atoms with Gasteiger partial charge in [-0.3, -0.25) is 5.32 Å². The van der Waals surface area contributed by atoms with E-state index in [4.69, 9.17) is 0 Å². The SMILES string of the molecule is OC1(NC2CCCCC2)CCC(F)(F)CC1. The monoisotopic (exact) mass is 233 g/mol. The van der Waals surface area contributed by atoms with Gasteiger partial charge in [-0.2, -0.15) is 0 Å². The Labute approximate surface area is 95.4 Å². The standard InChI is InChI=1S/C12H21F2NO/c13-11(14)6-8-12(16,9-7-11)15-10-4-2-1-3-5-10/h10,15-16H,1-9H2. The fourth-order valence-electron chi connectivity index (χ4n) is 2.80. The summed E-state index contributed by atoms with van der Waals surface area (Å²) in [6.07, 6.45) is 5.74. The van der Waals surface area contributed by atoms with Gasteiger partial charge in [-0.05, 0) is 25.7 Å². The molecule has 2 rings (SSSR count). The number of rotatable bonds is 2. The van der Waals surface area contributed by atoms with Crippen LogP contribution in [0.5, 0.6) is 0 Å². The fraction of sp³-hybridized carbons (Fsp3) is 1.00. The fourth-order valence-corrected chi connectivity index (χ4v) is 2.80. The van der Waals surface area contributed by atoms with Gasteiger partial charge in [0.05, 0.1) is 0 Å². The molecule has 16 heavy (non-hydrogen) atoms. The first kappa shape index (κ1) is 12.2. The van der Waals surface area contributed by atoms with Crippen LogP contribution in [0.1, 0.15) is 57.8 Å². The van der Waals surface area contributed by atoms with Gasteiger partial charge in [-0.15, -0.1) is 0 Å². The molecule has 0 amide bonds. The van der Waals surface area contributed by atoms with Gasteiger partial charge in [0.2, 0.25) is 5.92 Å². The maximum absolute atomic E-state index is 13.0. The lowest BCUT2D eigenvalue weighted by atomic mass is 9.86. The minimum absolute atomic E-state index is 0.177. The highest BCUT2D eigenvalue weighted by molar-refractivity contribution is 4.89. The number of nitrogens with one attached hydrogen (secondary N) is 1. The van der Waals surface area contributed by atoms with Crippen LogP contribution in [0.4, 0.5) is 8.78 Å². The number of alkyl halides is 2. The van der Waals surface area contributed by atoms with Crippen LogP contribution in [0, 0.1) is 0 Å². The minimum atomic E-state index is -2.57. The van der Waals surface area contributed by atoms with Crippen LogP contribution >= 0.6 is 0 Å². The van der Waals surface area contributed by atoms with Crippen molar-refractivity contribution in [1.29, 1.82) is 0 Å². The van der Waals surface area contributed by atoms with Crippen LogP contribution in [0.2, 0.25) is 0 Å². The lowest BCUT2D eigenvalue weighted by Crippen LogP contribution is -2.54. The van der Waals surface area contributed by atoms with Crippen molar-refractivity contribution in [3.63, 3.8) is 0 Å². The van der Waals surface area contributed by atoms with E-state index in [1.165, 1.54) is 19.3 Å². The highest BCUT2D eigenvalue weighted by atomic mass is 19.3. The molecule has 0 spiro atoms. The third kappa shape index (κ3) is 3.14. The highest BCUT2D eigenvalue weighted by Gasteiger charge is 2.42. The molecule has 2 N–H and O–H groups in total. The second-order valence-electron chi connectivity index (χ2n) is 5.37. The van der Waals surface area contributed by atoms with E-state index in [0.29, 0.717) is 6.04 Å². The minimum Gasteiger partial charge on any atom is -0.376 e. The van der Waals surface area contributed by atoms with E-state index >= 15 is 0 Å². The molecule has 0 atom stereocenters. The maximum atomic E-state index is 13.0. The Hall–Kier alpha value is -0.220. The number of hydrogen-bond acceptors (Lipinski definition) is 2. The summed E-state index contributed by atoms with van der Waals surface area (Å²) in [7, 11) is 0. The molecule has 2 fully saturated rings. The van der Waals surface area contributed by atoms with Gasteiger partial charge in [0, 0.05) is 18.9 Å². The summed E-state index contributed by atoms with van der Waals surface area (Å²) in [5.74, 6) is -2.57. The number of aliphatic hydroxyl groups is 1. The number of halogens is 2. The van der Waals surface area contributed by atoms with Crippen LogP contribution in [-0.4, -0.2) is 22.8 Å². The molecule has 0 heterocycles. The quantitative estimate of drug-likeness (QED) is 0.719. The normalized spacial score (nSPS) is 30.2. The second-order valence-corrected chi connectivity index (χ2v) is 5.37. The van der Waals surface area contributed by atoms with Crippen LogP contribution in [0.25, 0.3) is 0 Å². The Kier molecular flexibility index (Phi) is 3.50. The van der Waals surface area contributed by atoms with Gasteiger partial charge in [0.1, 0.15) is 5.72 Å². The van der Waals surface area contributed by atoms with E-state index in [9.17, 15) is 13.9 Å². The maximum Gasteiger partial charge on any atom is 0.248 e. The predicted molar refractivity (Wildman–Crippen MR) is 58.4 cm³/mol. The van der Waals surface area contributed by atoms with E-state index in [0.717, 1.165) is 12.8 Å². The Morgan fingerprint density at radius 2 is 1.50 bits per heavy atom. The van der Waals surface area contributed by atoms with Crippen LogP contribution in [0.3, 0.4) is 0 Å². The van der Waals surface area contributed by atoms with Crippen molar-refractivity contribution in [2.75, 3.05) is 0 Å². The Balaban J connectivity index is 1.84. The van der Waals surface area contributed by atoms with Crippen LogP contribution < -0.4 is 5.32 Å². The molecule has 2 nitrogen and oxygen atoms in total. The predicted octanol–water partition coefficient (Wildman–Crippen LogP) is 2.81. The van der Waals surface area contributed by atoms with Gasteiger partial charge in [0.15, 0.2) is 0 Å². The van der Waals surface area contributed by atoms with E-state index in [1.54, 1.807) is 0 Å². The van der Waals surface area contributed by atoms with Crippen LogP contribution in [0.15, 0.2) is 0 Å². The number of hydrogen-bond donors (Lipinski definition) is 2. The third-order valence-electron chi connectivity index (χ3n) is 3.89.